The molecule has 1 unspecified atom stereocenters. The summed E-state index contributed by atoms with van der Waals surface area (Å²) in [4.78, 5) is 4.03. The summed E-state index contributed by atoms with van der Waals surface area (Å²) in [7, 11) is 2.01. The van der Waals surface area contributed by atoms with Gasteiger partial charge in [-0.3, -0.25) is 0 Å². The zero-order chi connectivity index (χ0) is 9.14. The van der Waals surface area contributed by atoms with Crippen molar-refractivity contribution in [1.29, 1.82) is 0 Å². The third-order valence-corrected chi connectivity index (χ3v) is 2.69. The molecular formula is C8H12IN3. The maximum atomic E-state index is 5.72. The van der Waals surface area contributed by atoms with Gasteiger partial charge in [-0.2, -0.15) is 0 Å². The summed E-state index contributed by atoms with van der Waals surface area (Å²) in [5, 5.41) is 0. The van der Waals surface area contributed by atoms with E-state index in [2.05, 4.69) is 37.9 Å². The van der Waals surface area contributed by atoms with E-state index in [0.29, 0.717) is 11.9 Å². The van der Waals surface area contributed by atoms with Gasteiger partial charge in [-0.05, 0) is 20.0 Å². The molecular weight excluding hydrogens is 265 g/mol. The van der Waals surface area contributed by atoms with Crippen molar-refractivity contribution in [3.05, 3.63) is 23.9 Å². The molecule has 1 aromatic heterocycles. The van der Waals surface area contributed by atoms with Crippen LogP contribution in [0.3, 0.4) is 0 Å². The summed E-state index contributed by atoms with van der Waals surface area (Å²) in [6, 6.07) is 4.21. The Morgan fingerprint density at radius 1 is 1.67 bits per heavy atom. The Morgan fingerprint density at radius 2 is 2.33 bits per heavy atom. The lowest BCUT2D eigenvalue weighted by atomic mass is 10.1. The summed E-state index contributed by atoms with van der Waals surface area (Å²) in [5.41, 5.74) is 6.80. The fraction of sp³-hybridized carbons (Fsp3) is 0.375. The van der Waals surface area contributed by atoms with Gasteiger partial charge in [-0.1, -0.05) is 6.07 Å². The molecule has 0 amide bonds. The van der Waals surface area contributed by atoms with Crippen LogP contribution in [0.15, 0.2) is 18.3 Å². The number of nitrogens with zero attached hydrogens (tertiary/aromatic N) is 2. The van der Waals surface area contributed by atoms with E-state index in [-0.39, 0.29) is 0 Å². The van der Waals surface area contributed by atoms with Crippen molar-refractivity contribution in [2.24, 2.45) is 0 Å². The van der Waals surface area contributed by atoms with Gasteiger partial charge in [-0.15, -0.1) is 0 Å². The number of hydrogen-bond acceptors (Lipinski definition) is 3. The summed E-state index contributed by atoms with van der Waals surface area (Å²) < 4.78 is 2.07. The first-order valence-electron chi connectivity index (χ1n) is 3.72. The van der Waals surface area contributed by atoms with Crippen LogP contribution in [-0.2, 0) is 0 Å². The van der Waals surface area contributed by atoms with Gasteiger partial charge in [0.25, 0.3) is 0 Å². The second kappa shape index (κ2) is 4.04. The van der Waals surface area contributed by atoms with Crippen LogP contribution in [0.4, 0.5) is 5.82 Å². The molecule has 0 spiro atoms. The molecule has 0 aliphatic rings. The quantitative estimate of drug-likeness (QED) is 0.664. The molecule has 0 aliphatic carbocycles. The van der Waals surface area contributed by atoms with Crippen LogP contribution in [0.5, 0.6) is 0 Å². The van der Waals surface area contributed by atoms with Crippen LogP contribution in [-0.4, -0.2) is 15.1 Å². The molecule has 0 fully saturated rings. The first kappa shape index (κ1) is 9.73. The van der Waals surface area contributed by atoms with Gasteiger partial charge < -0.3 is 5.73 Å². The molecule has 66 valence electrons. The topological polar surface area (TPSA) is 42.1 Å². The Balaban J connectivity index is 2.94. The Labute approximate surface area is 86.5 Å². The molecule has 4 heteroatoms. The summed E-state index contributed by atoms with van der Waals surface area (Å²) in [6.07, 6.45) is 1.71. The first-order valence-corrected chi connectivity index (χ1v) is 4.68. The van der Waals surface area contributed by atoms with Crippen LogP contribution in [0, 0.1) is 0 Å². The van der Waals surface area contributed by atoms with E-state index in [1.165, 1.54) is 0 Å². The zero-order valence-corrected chi connectivity index (χ0v) is 9.32. The Hall–Kier alpha value is -0.360. The Kier molecular flexibility index (Phi) is 3.28. The van der Waals surface area contributed by atoms with Crippen molar-refractivity contribution in [3.8, 4) is 0 Å². The predicted octanol–water partition coefficient (Wildman–Crippen LogP) is 2.01. The van der Waals surface area contributed by atoms with Gasteiger partial charge in [-0.25, -0.2) is 8.10 Å². The molecule has 12 heavy (non-hydrogen) atoms. The van der Waals surface area contributed by atoms with Crippen LogP contribution in [0.1, 0.15) is 18.5 Å². The van der Waals surface area contributed by atoms with Crippen molar-refractivity contribution in [3.63, 3.8) is 0 Å². The van der Waals surface area contributed by atoms with E-state index in [1.807, 2.05) is 19.2 Å². The molecule has 1 rings (SSSR count). The van der Waals surface area contributed by atoms with E-state index < -0.39 is 0 Å². The highest BCUT2D eigenvalue weighted by atomic mass is 127. The van der Waals surface area contributed by atoms with Gasteiger partial charge in [0.15, 0.2) is 0 Å². The highest BCUT2D eigenvalue weighted by Gasteiger charge is 2.11. The molecule has 1 heterocycles. The lowest BCUT2D eigenvalue weighted by Crippen LogP contribution is -2.12. The van der Waals surface area contributed by atoms with Crippen LogP contribution < -0.4 is 5.73 Å². The normalized spacial score (nSPS) is 13.3. The number of aromatic nitrogens is 1. The number of pyridine rings is 1. The van der Waals surface area contributed by atoms with Gasteiger partial charge in [0.2, 0.25) is 0 Å². The zero-order valence-electron chi connectivity index (χ0n) is 7.16. The van der Waals surface area contributed by atoms with Crippen LogP contribution >= 0.6 is 22.9 Å². The van der Waals surface area contributed by atoms with Crippen molar-refractivity contribution in [1.82, 2.24) is 8.10 Å². The fourth-order valence-electron chi connectivity index (χ4n) is 0.975. The highest BCUT2D eigenvalue weighted by Crippen LogP contribution is 2.24. The highest BCUT2D eigenvalue weighted by molar-refractivity contribution is 14.1. The molecule has 1 atom stereocenters. The molecule has 0 bridgehead atoms. The lowest BCUT2D eigenvalue weighted by Gasteiger charge is -2.18. The SMILES string of the molecule is CC(c1cccnc1N)N(C)I. The van der Waals surface area contributed by atoms with Crippen molar-refractivity contribution < 1.29 is 0 Å². The standard InChI is InChI=1S/C8H12IN3/c1-6(12(2)9)7-4-3-5-11-8(7)10/h3-6H,1-2H3,(H2,10,11). The molecule has 0 aromatic carbocycles. The number of anilines is 1. The fourth-order valence-corrected chi connectivity index (χ4v) is 1.27. The van der Waals surface area contributed by atoms with Gasteiger partial charge in [0.05, 0.1) is 0 Å². The average molecular weight is 277 g/mol. The second-order valence-electron chi connectivity index (χ2n) is 2.68. The largest absolute Gasteiger partial charge is 0.383 e. The summed E-state index contributed by atoms with van der Waals surface area (Å²) in [6.45, 7) is 2.10. The van der Waals surface area contributed by atoms with Gasteiger partial charge in [0.1, 0.15) is 5.82 Å². The maximum absolute atomic E-state index is 5.72. The number of nitrogens with two attached hydrogens (primary N) is 1. The van der Waals surface area contributed by atoms with Crippen LogP contribution in [0.2, 0.25) is 0 Å². The monoisotopic (exact) mass is 277 g/mol. The van der Waals surface area contributed by atoms with Crippen molar-refractivity contribution in [2.75, 3.05) is 12.8 Å². The van der Waals surface area contributed by atoms with E-state index in [1.54, 1.807) is 6.20 Å². The number of hydrogen-bond donors (Lipinski definition) is 1. The van der Waals surface area contributed by atoms with Gasteiger partial charge in [0, 0.05) is 40.7 Å². The number of halogens is 1. The molecule has 0 saturated heterocycles. The number of rotatable bonds is 2. The second-order valence-corrected chi connectivity index (χ2v) is 4.20. The minimum atomic E-state index is 0.305. The lowest BCUT2D eigenvalue weighted by molar-refractivity contribution is 0.490. The van der Waals surface area contributed by atoms with E-state index in [9.17, 15) is 0 Å². The maximum Gasteiger partial charge on any atom is 0.128 e. The molecule has 3 nitrogen and oxygen atoms in total. The van der Waals surface area contributed by atoms with Gasteiger partial charge >= 0.3 is 0 Å². The van der Waals surface area contributed by atoms with Crippen LogP contribution in [0.25, 0.3) is 0 Å². The summed E-state index contributed by atoms with van der Waals surface area (Å²) >= 11 is 2.24. The predicted molar refractivity (Wildman–Crippen MR) is 58.8 cm³/mol. The minimum absolute atomic E-state index is 0.305. The molecule has 0 radical (unpaired) electrons. The molecule has 0 aliphatic heterocycles. The molecule has 1 aromatic rings. The van der Waals surface area contributed by atoms with E-state index >= 15 is 0 Å². The third-order valence-electron chi connectivity index (χ3n) is 1.86. The average Bonchev–Trinajstić information content (AvgIpc) is 2.04. The van der Waals surface area contributed by atoms with E-state index in [4.69, 9.17) is 5.73 Å². The van der Waals surface area contributed by atoms with Crippen molar-refractivity contribution >= 4 is 28.7 Å². The van der Waals surface area contributed by atoms with Crippen molar-refractivity contribution in [2.45, 2.75) is 13.0 Å². The Bertz CT molecular complexity index is 262. The van der Waals surface area contributed by atoms with E-state index in [0.717, 1.165) is 5.56 Å². The minimum Gasteiger partial charge on any atom is -0.383 e. The Morgan fingerprint density at radius 3 is 2.83 bits per heavy atom. The first-order chi connectivity index (χ1) is 5.63. The number of nitrogen functional groups attached to an aromatic ring is 1. The smallest absolute Gasteiger partial charge is 0.128 e. The molecule has 2 N–H and O–H groups in total. The molecule has 0 saturated carbocycles. The summed E-state index contributed by atoms with van der Waals surface area (Å²) in [5.74, 6) is 0.619. The third kappa shape index (κ3) is 2.07.